The van der Waals surface area contributed by atoms with Gasteiger partial charge in [-0.15, -0.1) is 10.2 Å². The number of benzene rings is 1. The van der Waals surface area contributed by atoms with Gasteiger partial charge >= 0.3 is 0 Å². The first-order valence-electron chi connectivity index (χ1n) is 6.04. The van der Waals surface area contributed by atoms with Crippen molar-refractivity contribution in [3.8, 4) is 5.75 Å². The minimum atomic E-state index is 0.626. The summed E-state index contributed by atoms with van der Waals surface area (Å²) >= 11 is 8.57. The topological polar surface area (TPSA) is 47.0 Å². The van der Waals surface area contributed by atoms with Gasteiger partial charge in [-0.1, -0.05) is 52.9 Å². The zero-order valence-corrected chi connectivity index (χ0v) is 13.3. The summed E-state index contributed by atoms with van der Waals surface area (Å²) in [5, 5.41) is 12.2. The van der Waals surface area contributed by atoms with Crippen molar-refractivity contribution in [2.45, 2.75) is 11.3 Å². The molecule has 20 heavy (non-hydrogen) atoms. The first-order chi connectivity index (χ1) is 9.83. The number of anilines is 2. The maximum absolute atomic E-state index is 5.56. The van der Waals surface area contributed by atoms with Crippen molar-refractivity contribution >= 4 is 45.5 Å². The molecule has 1 N–H and O–H groups in total. The highest BCUT2D eigenvalue weighted by atomic mass is 35.5. The normalized spacial score (nSPS) is 10.9. The van der Waals surface area contributed by atoms with Gasteiger partial charge in [-0.25, -0.2) is 0 Å². The predicted molar refractivity (Wildman–Crippen MR) is 86.5 cm³/mol. The summed E-state index contributed by atoms with van der Waals surface area (Å²) in [6, 6.07) is 7.77. The van der Waals surface area contributed by atoms with Gasteiger partial charge in [0.05, 0.1) is 12.3 Å². The average Bonchev–Trinajstić information content (AvgIpc) is 2.89. The molecule has 0 atom stereocenters. The molecule has 0 saturated carbocycles. The van der Waals surface area contributed by atoms with Crippen LogP contribution in [0.15, 0.2) is 40.2 Å². The highest BCUT2D eigenvalue weighted by Crippen LogP contribution is 2.31. The Labute approximate surface area is 131 Å². The minimum absolute atomic E-state index is 0.626. The van der Waals surface area contributed by atoms with Crippen molar-refractivity contribution in [1.29, 1.82) is 0 Å². The van der Waals surface area contributed by atoms with E-state index in [1.165, 1.54) is 16.9 Å². The number of thioether (sulfide) groups is 1. The summed E-state index contributed by atoms with van der Waals surface area (Å²) in [6.45, 7) is 2.58. The van der Waals surface area contributed by atoms with Crippen LogP contribution in [0.4, 0.5) is 10.8 Å². The van der Waals surface area contributed by atoms with Crippen LogP contribution in [0.5, 0.6) is 5.75 Å². The number of nitrogens with zero attached hydrogens (tertiary/aromatic N) is 2. The van der Waals surface area contributed by atoms with Gasteiger partial charge in [0, 0.05) is 11.3 Å². The van der Waals surface area contributed by atoms with Crippen LogP contribution in [-0.2, 0) is 0 Å². The number of para-hydroxylation sites is 2. The third-order valence-electron chi connectivity index (χ3n) is 2.23. The van der Waals surface area contributed by atoms with E-state index in [-0.39, 0.29) is 0 Å². The van der Waals surface area contributed by atoms with Gasteiger partial charge in [0.2, 0.25) is 5.13 Å². The molecule has 1 heterocycles. The standard InChI is InChI=1S/C13H14ClN3OS2/c1-2-18-11-7-4-3-6-10(11)15-12-16-17-13(20-12)19-9-5-8-14/h3-8H,2,9H2,1H3,(H,15,16). The maximum atomic E-state index is 5.56. The Bertz CT molecular complexity index is 574. The van der Waals surface area contributed by atoms with Gasteiger partial charge in [0.25, 0.3) is 0 Å². The summed E-state index contributed by atoms with van der Waals surface area (Å²) in [5.74, 6) is 1.60. The lowest BCUT2D eigenvalue weighted by atomic mass is 10.3. The summed E-state index contributed by atoms with van der Waals surface area (Å²) in [6.07, 6.45) is 1.87. The van der Waals surface area contributed by atoms with E-state index in [1.807, 2.05) is 37.3 Å². The molecule has 0 spiro atoms. The van der Waals surface area contributed by atoms with Gasteiger partial charge in [-0.05, 0) is 19.1 Å². The third kappa shape index (κ3) is 4.40. The number of aromatic nitrogens is 2. The largest absolute Gasteiger partial charge is 0.492 e. The van der Waals surface area contributed by atoms with Crippen LogP contribution < -0.4 is 10.1 Å². The molecule has 2 rings (SSSR count). The zero-order chi connectivity index (χ0) is 14.2. The molecular weight excluding hydrogens is 314 g/mol. The lowest BCUT2D eigenvalue weighted by molar-refractivity contribution is 0.342. The first-order valence-corrected chi connectivity index (χ1v) is 8.27. The van der Waals surface area contributed by atoms with E-state index in [9.17, 15) is 0 Å². The SMILES string of the molecule is CCOc1ccccc1Nc1nnc(SCC=CCl)s1. The van der Waals surface area contributed by atoms with Gasteiger partial charge < -0.3 is 10.1 Å². The fraction of sp³-hybridized carbons (Fsp3) is 0.231. The molecule has 106 valence electrons. The summed E-state index contributed by atoms with van der Waals surface area (Å²) < 4.78 is 6.46. The van der Waals surface area contributed by atoms with Crippen molar-refractivity contribution in [3.05, 3.63) is 35.9 Å². The Morgan fingerprint density at radius 1 is 1.40 bits per heavy atom. The zero-order valence-electron chi connectivity index (χ0n) is 10.9. The maximum Gasteiger partial charge on any atom is 0.210 e. The van der Waals surface area contributed by atoms with Crippen LogP contribution in [-0.4, -0.2) is 22.6 Å². The molecule has 4 nitrogen and oxygen atoms in total. The van der Waals surface area contributed by atoms with Crippen LogP contribution in [0.3, 0.4) is 0 Å². The molecule has 0 aliphatic heterocycles. The number of rotatable bonds is 7. The molecule has 0 unspecified atom stereocenters. The Morgan fingerprint density at radius 3 is 3.05 bits per heavy atom. The summed E-state index contributed by atoms with van der Waals surface area (Å²) in [4.78, 5) is 0. The average molecular weight is 328 g/mol. The van der Waals surface area contributed by atoms with E-state index in [2.05, 4.69) is 15.5 Å². The van der Waals surface area contributed by atoms with Crippen LogP contribution >= 0.6 is 34.7 Å². The number of ether oxygens (including phenoxy) is 1. The molecule has 0 amide bonds. The van der Waals surface area contributed by atoms with Gasteiger partial charge in [0.1, 0.15) is 5.75 Å². The second-order valence-electron chi connectivity index (χ2n) is 3.60. The lowest BCUT2D eigenvalue weighted by Gasteiger charge is -2.09. The van der Waals surface area contributed by atoms with Gasteiger partial charge in [0.15, 0.2) is 4.34 Å². The number of nitrogens with one attached hydrogen (secondary N) is 1. The number of hydrogen-bond acceptors (Lipinski definition) is 6. The van der Waals surface area contributed by atoms with Crippen molar-refractivity contribution in [3.63, 3.8) is 0 Å². The monoisotopic (exact) mass is 327 g/mol. The first kappa shape index (κ1) is 15.2. The second-order valence-corrected chi connectivity index (χ2v) is 6.10. The van der Waals surface area contributed by atoms with Crippen molar-refractivity contribution < 1.29 is 4.74 Å². The molecule has 1 aromatic heterocycles. The molecular formula is C13H14ClN3OS2. The summed E-state index contributed by atoms with van der Waals surface area (Å²) in [5.41, 5.74) is 2.40. The quantitative estimate of drug-likeness (QED) is 0.757. The molecule has 0 radical (unpaired) electrons. The van der Waals surface area contributed by atoms with E-state index >= 15 is 0 Å². The Balaban J connectivity index is 2.03. The second kappa shape index (κ2) is 8.14. The van der Waals surface area contributed by atoms with Gasteiger partial charge in [-0.2, -0.15) is 0 Å². The molecule has 1 aromatic carbocycles. The van der Waals surface area contributed by atoms with E-state index < -0.39 is 0 Å². The van der Waals surface area contributed by atoms with Crippen LogP contribution in [0.1, 0.15) is 6.92 Å². The Morgan fingerprint density at radius 2 is 2.25 bits per heavy atom. The van der Waals surface area contributed by atoms with E-state index in [4.69, 9.17) is 16.3 Å². The molecule has 0 aliphatic rings. The fourth-order valence-corrected chi connectivity index (χ4v) is 3.24. The van der Waals surface area contributed by atoms with Crippen molar-refractivity contribution in [2.75, 3.05) is 17.7 Å². The third-order valence-corrected chi connectivity index (χ3v) is 4.33. The molecule has 0 bridgehead atoms. The highest BCUT2D eigenvalue weighted by molar-refractivity contribution is 8.01. The molecule has 7 heteroatoms. The van der Waals surface area contributed by atoms with Crippen LogP contribution in [0.2, 0.25) is 0 Å². The van der Waals surface area contributed by atoms with E-state index in [0.717, 1.165) is 26.7 Å². The summed E-state index contributed by atoms with van der Waals surface area (Å²) in [7, 11) is 0. The molecule has 2 aromatic rings. The molecule has 0 aliphatic carbocycles. The smallest absolute Gasteiger partial charge is 0.210 e. The minimum Gasteiger partial charge on any atom is -0.492 e. The number of halogens is 1. The highest BCUT2D eigenvalue weighted by Gasteiger charge is 2.07. The Hall–Kier alpha value is -1.24. The van der Waals surface area contributed by atoms with E-state index in [1.54, 1.807) is 11.8 Å². The number of hydrogen-bond donors (Lipinski definition) is 1. The van der Waals surface area contributed by atoms with Crippen LogP contribution in [0, 0.1) is 0 Å². The predicted octanol–water partition coefficient (Wildman–Crippen LogP) is 4.53. The van der Waals surface area contributed by atoms with Crippen LogP contribution in [0.25, 0.3) is 0 Å². The van der Waals surface area contributed by atoms with Gasteiger partial charge in [-0.3, -0.25) is 0 Å². The fourth-order valence-electron chi connectivity index (χ4n) is 1.44. The Kier molecular flexibility index (Phi) is 6.17. The molecule has 0 saturated heterocycles. The molecule has 0 fully saturated rings. The lowest BCUT2D eigenvalue weighted by Crippen LogP contribution is -1.97. The van der Waals surface area contributed by atoms with Crippen molar-refractivity contribution in [1.82, 2.24) is 10.2 Å². The van der Waals surface area contributed by atoms with E-state index in [0.29, 0.717) is 6.61 Å². The van der Waals surface area contributed by atoms with Crippen molar-refractivity contribution in [2.24, 2.45) is 0 Å².